The normalized spacial score (nSPS) is 16.2. The molecule has 1 atom stereocenters. The Bertz CT molecular complexity index is 758. The first-order valence-electron chi connectivity index (χ1n) is 8.25. The number of carbonyl (C=O) groups is 1. The summed E-state index contributed by atoms with van der Waals surface area (Å²) in [4.78, 5) is 12.1. The Morgan fingerprint density at radius 3 is 2.80 bits per heavy atom. The molecule has 1 saturated heterocycles. The second-order valence-electron chi connectivity index (χ2n) is 5.86. The first kappa shape index (κ1) is 17.0. The molecule has 0 saturated carbocycles. The molecule has 1 aliphatic rings. The van der Waals surface area contributed by atoms with Gasteiger partial charge >= 0.3 is 5.97 Å². The minimum atomic E-state index is -0.409. The third-order valence-corrected chi connectivity index (χ3v) is 3.98. The van der Waals surface area contributed by atoms with E-state index in [-0.39, 0.29) is 12.7 Å². The van der Waals surface area contributed by atoms with Crippen molar-refractivity contribution in [2.24, 2.45) is 0 Å². The van der Waals surface area contributed by atoms with Gasteiger partial charge in [0.25, 0.3) is 0 Å². The minimum absolute atomic E-state index is 0.131. The van der Waals surface area contributed by atoms with Crippen molar-refractivity contribution in [2.45, 2.75) is 25.6 Å². The summed E-state index contributed by atoms with van der Waals surface area (Å²) in [6, 6.07) is 15.9. The molecule has 0 unspecified atom stereocenters. The average molecular weight is 337 g/mol. The summed E-state index contributed by atoms with van der Waals surface area (Å²) < 4.78 is 16.5. The summed E-state index contributed by atoms with van der Waals surface area (Å²) in [5, 5.41) is 8.88. The van der Waals surface area contributed by atoms with Gasteiger partial charge in [-0.25, -0.2) is 4.79 Å². The summed E-state index contributed by atoms with van der Waals surface area (Å²) in [5.74, 6) is 0.293. The Hall–Kier alpha value is -2.84. The third-order valence-electron chi connectivity index (χ3n) is 3.98. The maximum absolute atomic E-state index is 12.1. The molecule has 0 N–H and O–H groups in total. The Morgan fingerprint density at radius 1 is 1.24 bits per heavy atom. The maximum Gasteiger partial charge on any atom is 0.338 e. The fourth-order valence-electron chi connectivity index (χ4n) is 2.62. The van der Waals surface area contributed by atoms with Gasteiger partial charge in [0.1, 0.15) is 19.0 Å². The van der Waals surface area contributed by atoms with Crippen LogP contribution in [0.1, 0.15) is 34.3 Å². The number of rotatable bonds is 6. The highest BCUT2D eigenvalue weighted by molar-refractivity contribution is 5.89. The van der Waals surface area contributed by atoms with Crippen molar-refractivity contribution >= 4 is 5.97 Å². The molecule has 1 heterocycles. The highest BCUT2D eigenvalue weighted by Crippen LogP contribution is 2.17. The smallest absolute Gasteiger partial charge is 0.338 e. The lowest BCUT2D eigenvalue weighted by atomic mass is 10.1. The molecule has 2 aromatic carbocycles. The summed E-state index contributed by atoms with van der Waals surface area (Å²) >= 11 is 0. The number of carbonyl (C=O) groups excluding carboxylic acids is 1. The molecule has 0 radical (unpaired) electrons. The molecular formula is C20H19NO4. The van der Waals surface area contributed by atoms with Crippen molar-refractivity contribution in [3.05, 3.63) is 65.2 Å². The molecule has 25 heavy (non-hydrogen) atoms. The molecule has 0 spiro atoms. The van der Waals surface area contributed by atoms with Crippen LogP contribution >= 0.6 is 0 Å². The SMILES string of the molecule is N#Cc1cccc(COC(=O)c2ccc(OC[C@@H]3CCCO3)cc2)c1. The third kappa shape index (κ3) is 4.82. The topological polar surface area (TPSA) is 68.5 Å². The Morgan fingerprint density at radius 2 is 2.08 bits per heavy atom. The number of ether oxygens (including phenoxy) is 3. The molecule has 5 nitrogen and oxygen atoms in total. The summed E-state index contributed by atoms with van der Waals surface area (Å²) in [5.41, 5.74) is 1.78. The van der Waals surface area contributed by atoms with Gasteiger partial charge in [-0.15, -0.1) is 0 Å². The van der Waals surface area contributed by atoms with Crippen LogP contribution in [-0.2, 0) is 16.1 Å². The van der Waals surface area contributed by atoms with E-state index < -0.39 is 5.97 Å². The zero-order valence-corrected chi connectivity index (χ0v) is 13.8. The summed E-state index contributed by atoms with van der Waals surface area (Å²) in [6.07, 6.45) is 2.27. The number of esters is 1. The predicted octanol–water partition coefficient (Wildman–Crippen LogP) is 3.47. The van der Waals surface area contributed by atoms with Gasteiger partial charge in [-0.1, -0.05) is 12.1 Å². The van der Waals surface area contributed by atoms with E-state index >= 15 is 0 Å². The van der Waals surface area contributed by atoms with Crippen LogP contribution in [0.2, 0.25) is 0 Å². The fraction of sp³-hybridized carbons (Fsp3) is 0.300. The number of hydrogen-bond acceptors (Lipinski definition) is 5. The minimum Gasteiger partial charge on any atom is -0.491 e. The van der Waals surface area contributed by atoms with E-state index in [1.807, 2.05) is 6.07 Å². The van der Waals surface area contributed by atoms with E-state index in [0.29, 0.717) is 23.5 Å². The summed E-state index contributed by atoms with van der Waals surface area (Å²) in [7, 11) is 0. The van der Waals surface area contributed by atoms with Gasteiger partial charge in [0.2, 0.25) is 0 Å². The van der Waals surface area contributed by atoms with Crippen molar-refractivity contribution in [3.63, 3.8) is 0 Å². The second kappa shape index (κ2) is 8.32. The first-order valence-corrected chi connectivity index (χ1v) is 8.25. The molecule has 128 valence electrons. The van der Waals surface area contributed by atoms with Gasteiger partial charge in [0.15, 0.2) is 0 Å². The van der Waals surface area contributed by atoms with E-state index in [2.05, 4.69) is 6.07 Å². The first-order chi connectivity index (χ1) is 12.2. The highest BCUT2D eigenvalue weighted by Gasteiger charge is 2.16. The molecule has 0 aromatic heterocycles. The Labute approximate surface area is 146 Å². The molecule has 0 bridgehead atoms. The number of hydrogen-bond donors (Lipinski definition) is 0. The van der Waals surface area contributed by atoms with E-state index in [1.54, 1.807) is 42.5 Å². The van der Waals surface area contributed by atoms with E-state index in [0.717, 1.165) is 25.0 Å². The Balaban J connectivity index is 1.50. The van der Waals surface area contributed by atoms with Crippen LogP contribution in [0.3, 0.4) is 0 Å². The van der Waals surface area contributed by atoms with Crippen LogP contribution in [0.5, 0.6) is 5.75 Å². The van der Waals surface area contributed by atoms with E-state index in [1.165, 1.54) is 0 Å². The zero-order chi connectivity index (χ0) is 17.5. The maximum atomic E-state index is 12.1. The van der Waals surface area contributed by atoms with Crippen LogP contribution < -0.4 is 4.74 Å². The lowest BCUT2D eigenvalue weighted by Crippen LogP contribution is -2.16. The van der Waals surface area contributed by atoms with Gasteiger partial charge < -0.3 is 14.2 Å². The van der Waals surface area contributed by atoms with Crippen molar-refractivity contribution in [3.8, 4) is 11.8 Å². The van der Waals surface area contributed by atoms with Gasteiger partial charge in [-0.2, -0.15) is 5.26 Å². The van der Waals surface area contributed by atoms with Crippen LogP contribution in [0.25, 0.3) is 0 Å². The predicted molar refractivity (Wildman–Crippen MR) is 91.2 cm³/mol. The zero-order valence-electron chi connectivity index (χ0n) is 13.8. The van der Waals surface area contributed by atoms with Gasteiger partial charge in [-0.05, 0) is 54.8 Å². The van der Waals surface area contributed by atoms with Gasteiger partial charge in [-0.3, -0.25) is 0 Å². The molecule has 3 rings (SSSR count). The van der Waals surface area contributed by atoms with Gasteiger partial charge in [0.05, 0.1) is 23.3 Å². The molecule has 0 amide bonds. The number of nitrogens with zero attached hydrogens (tertiary/aromatic N) is 1. The lowest BCUT2D eigenvalue weighted by Gasteiger charge is -2.11. The second-order valence-corrected chi connectivity index (χ2v) is 5.86. The van der Waals surface area contributed by atoms with Crippen LogP contribution in [0.4, 0.5) is 0 Å². The average Bonchev–Trinajstić information content (AvgIpc) is 3.18. The quantitative estimate of drug-likeness (QED) is 0.755. The number of benzene rings is 2. The molecular weight excluding hydrogens is 318 g/mol. The lowest BCUT2D eigenvalue weighted by molar-refractivity contribution is 0.0472. The van der Waals surface area contributed by atoms with Crippen LogP contribution in [0, 0.1) is 11.3 Å². The highest BCUT2D eigenvalue weighted by atomic mass is 16.5. The molecule has 5 heteroatoms. The van der Waals surface area contributed by atoms with Crippen LogP contribution in [-0.4, -0.2) is 25.3 Å². The van der Waals surface area contributed by atoms with Crippen molar-refractivity contribution in [2.75, 3.05) is 13.2 Å². The molecule has 1 fully saturated rings. The van der Waals surface area contributed by atoms with Crippen molar-refractivity contribution in [1.29, 1.82) is 5.26 Å². The van der Waals surface area contributed by atoms with Crippen molar-refractivity contribution in [1.82, 2.24) is 0 Å². The standard InChI is InChI=1S/C20H19NO4/c21-12-15-3-1-4-16(11-15)13-25-20(22)17-6-8-18(9-7-17)24-14-19-5-2-10-23-19/h1,3-4,6-9,11,19H,2,5,10,13-14H2/t19-/m0/s1. The largest absolute Gasteiger partial charge is 0.491 e. The Kier molecular flexibility index (Phi) is 5.65. The van der Waals surface area contributed by atoms with E-state index in [4.69, 9.17) is 19.5 Å². The fourth-order valence-corrected chi connectivity index (χ4v) is 2.62. The van der Waals surface area contributed by atoms with Crippen molar-refractivity contribution < 1.29 is 19.0 Å². The van der Waals surface area contributed by atoms with Crippen LogP contribution in [0.15, 0.2) is 48.5 Å². The molecule has 1 aliphatic heterocycles. The molecule has 2 aromatic rings. The monoisotopic (exact) mass is 337 g/mol. The van der Waals surface area contributed by atoms with E-state index in [9.17, 15) is 4.79 Å². The number of nitriles is 1. The van der Waals surface area contributed by atoms with Gasteiger partial charge in [0, 0.05) is 6.61 Å². The summed E-state index contributed by atoms with van der Waals surface area (Å²) in [6.45, 7) is 1.46. The molecule has 0 aliphatic carbocycles.